The van der Waals surface area contributed by atoms with E-state index in [0.29, 0.717) is 17.5 Å². The second-order valence-corrected chi connectivity index (χ2v) is 9.20. The van der Waals surface area contributed by atoms with E-state index in [0.717, 1.165) is 28.0 Å². The number of hydrogen-bond donors (Lipinski definition) is 0. The third kappa shape index (κ3) is 3.83. The lowest BCUT2D eigenvalue weighted by molar-refractivity contribution is 0.279. The first kappa shape index (κ1) is 21.5. The smallest absolute Gasteiger partial charge is 0.167 e. The van der Waals surface area contributed by atoms with Crippen LogP contribution in [0.2, 0.25) is 0 Å². The zero-order valence-corrected chi connectivity index (χ0v) is 20.0. The van der Waals surface area contributed by atoms with Crippen LogP contribution in [0.1, 0.15) is 17.0 Å². The molecule has 1 aliphatic heterocycles. The molecule has 4 nitrogen and oxygen atoms in total. The number of aromatic nitrogens is 3. The maximum Gasteiger partial charge on any atom is 0.167 e. The van der Waals surface area contributed by atoms with Gasteiger partial charge in [-0.05, 0) is 11.6 Å². The highest BCUT2D eigenvalue weighted by Crippen LogP contribution is 2.49. The van der Waals surface area contributed by atoms with Crippen molar-refractivity contribution in [1.82, 2.24) is 15.0 Å². The highest BCUT2D eigenvalue weighted by atomic mass is 16.5. The monoisotopic (exact) mass is 477 g/mol. The number of fused-ring (bicyclic) bond motifs is 3. The van der Waals surface area contributed by atoms with Gasteiger partial charge in [-0.2, -0.15) is 0 Å². The zero-order chi connectivity index (χ0) is 24.6. The summed E-state index contributed by atoms with van der Waals surface area (Å²) >= 11 is 0. The molecular weight excluding hydrogens is 454 g/mol. The zero-order valence-electron chi connectivity index (χ0n) is 20.0. The van der Waals surface area contributed by atoms with Crippen molar-refractivity contribution in [3.8, 4) is 39.9 Å². The Hall–Kier alpha value is -4.83. The van der Waals surface area contributed by atoms with E-state index in [4.69, 9.17) is 19.7 Å². The van der Waals surface area contributed by atoms with Gasteiger partial charge in [0.15, 0.2) is 17.5 Å². The second kappa shape index (κ2) is 8.99. The first-order valence-corrected chi connectivity index (χ1v) is 12.5. The van der Waals surface area contributed by atoms with E-state index in [9.17, 15) is 0 Å². The average Bonchev–Trinajstić information content (AvgIpc) is 3.37. The van der Waals surface area contributed by atoms with Gasteiger partial charge in [0.1, 0.15) is 11.9 Å². The van der Waals surface area contributed by atoms with Gasteiger partial charge >= 0.3 is 0 Å². The summed E-state index contributed by atoms with van der Waals surface area (Å²) in [6.07, 6.45) is 6.43. The fraction of sp³-hybridized carbons (Fsp3) is 0.0606. The van der Waals surface area contributed by atoms with Crippen molar-refractivity contribution in [3.05, 3.63) is 139 Å². The van der Waals surface area contributed by atoms with Crippen LogP contribution in [0.3, 0.4) is 0 Å². The molecule has 0 bridgehead atoms. The van der Waals surface area contributed by atoms with Crippen molar-refractivity contribution in [2.75, 3.05) is 0 Å². The van der Waals surface area contributed by atoms with Gasteiger partial charge in [0.2, 0.25) is 0 Å². The molecule has 37 heavy (non-hydrogen) atoms. The Kier molecular flexibility index (Phi) is 5.21. The largest absolute Gasteiger partial charge is 0.484 e. The molecule has 2 aliphatic rings. The lowest BCUT2D eigenvalue weighted by Crippen LogP contribution is -2.21. The van der Waals surface area contributed by atoms with Crippen LogP contribution in [0.4, 0.5) is 0 Å². The second-order valence-electron chi connectivity index (χ2n) is 9.20. The molecule has 0 radical (unpaired) electrons. The minimum Gasteiger partial charge on any atom is -0.484 e. The summed E-state index contributed by atoms with van der Waals surface area (Å²) in [5, 5.41) is 0. The summed E-state index contributed by atoms with van der Waals surface area (Å²) in [4.78, 5) is 14.7. The molecule has 2 atom stereocenters. The Bertz CT molecular complexity index is 1590. The fourth-order valence-electron chi connectivity index (χ4n) is 5.14. The molecular formula is C33H23N3O. The van der Waals surface area contributed by atoms with E-state index >= 15 is 0 Å². The standard InChI is InChI=1S/C33H23N3O/c1-4-12-22(13-5-1)25-18-10-19-26-27-20-11-21-28(30(27)37-29(25)26)33-35-31(23-14-6-2-7-15-23)34-32(36-33)24-16-8-3-9-17-24/h1-21,26,29H. The molecule has 1 aliphatic carbocycles. The molecule has 0 saturated carbocycles. The Morgan fingerprint density at radius 3 is 1.73 bits per heavy atom. The van der Waals surface area contributed by atoms with E-state index in [1.807, 2.05) is 72.8 Å². The number of hydrogen-bond acceptors (Lipinski definition) is 4. The molecule has 1 aromatic heterocycles. The molecule has 0 saturated heterocycles. The lowest BCUT2D eigenvalue weighted by Gasteiger charge is -2.23. The summed E-state index contributed by atoms with van der Waals surface area (Å²) in [5.41, 5.74) is 6.29. The summed E-state index contributed by atoms with van der Waals surface area (Å²) < 4.78 is 6.73. The van der Waals surface area contributed by atoms with Crippen molar-refractivity contribution in [1.29, 1.82) is 0 Å². The Morgan fingerprint density at radius 1 is 0.541 bits per heavy atom. The number of rotatable bonds is 4. The minimum absolute atomic E-state index is 0.0902. The van der Waals surface area contributed by atoms with Crippen LogP contribution < -0.4 is 4.74 Å². The van der Waals surface area contributed by atoms with Gasteiger partial charge in [-0.3, -0.25) is 0 Å². The van der Waals surface area contributed by atoms with E-state index in [-0.39, 0.29) is 12.0 Å². The van der Waals surface area contributed by atoms with Crippen LogP contribution in [0.25, 0.3) is 39.7 Å². The summed E-state index contributed by atoms with van der Waals surface area (Å²) in [7, 11) is 0. The maximum absolute atomic E-state index is 6.73. The van der Waals surface area contributed by atoms with Crippen LogP contribution in [0.15, 0.2) is 127 Å². The lowest BCUT2D eigenvalue weighted by atomic mass is 9.84. The molecule has 0 spiro atoms. The van der Waals surface area contributed by atoms with Crippen LogP contribution in [-0.4, -0.2) is 21.1 Å². The fourth-order valence-corrected chi connectivity index (χ4v) is 5.14. The van der Waals surface area contributed by atoms with E-state index in [1.54, 1.807) is 0 Å². The number of ether oxygens (including phenoxy) is 1. The number of allylic oxidation sites excluding steroid dienone is 2. The Labute approximate surface area is 215 Å². The van der Waals surface area contributed by atoms with Gasteiger partial charge in [-0.1, -0.05) is 121 Å². The number of para-hydroxylation sites is 1. The molecule has 2 heterocycles. The van der Waals surface area contributed by atoms with Crippen LogP contribution in [-0.2, 0) is 0 Å². The van der Waals surface area contributed by atoms with Crippen LogP contribution in [0, 0.1) is 0 Å². The predicted molar refractivity (Wildman–Crippen MR) is 147 cm³/mol. The van der Waals surface area contributed by atoms with E-state index in [1.165, 1.54) is 11.1 Å². The summed E-state index contributed by atoms with van der Waals surface area (Å²) in [6, 6.07) is 36.8. The van der Waals surface area contributed by atoms with E-state index < -0.39 is 0 Å². The van der Waals surface area contributed by atoms with Gasteiger partial charge in [-0.15, -0.1) is 0 Å². The highest BCUT2D eigenvalue weighted by molar-refractivity contribution is 5.79. The third-order valence-corrected chi connectivity index (χ3v) is 6.92. The van der Waals surface area contributed by atoms with Gasteiger partial charge in [0.25, 0.3) is 0 Å². The molecule has 176 valence electrons. The van der Waals surface area contributed by atoms with Crippen LogP contribution in [0.5, 0.6) is 5.75 Å². The Morgan fingerprint density at radius 2 is 1.11 bits per heavy atom. The first-order valence-electron chi connectivity index (χ1n) is 12.5. The Balaban J connectivity index is 1.36. The molecule has 5 aromatic rings. The molecule has 4 heteroatoms. The van der Waals surface area contributed by atoms with Gasteiger partial charge in [0, 0.05) is 28.2 Å². The molecule has 7 rings (SSSR count). The van der Waals surface area contributed by atoms with Crippen molar-refractivity contribution >= 4 is 5.57 Å². The number of nitrogens with zero attached hydrogens (tertiary/aromatic N) is 3. The predicted octanol–water partition coefficient (Wildman–Crippen LogP) is 7.37. The highest BCUT2D eigenvalue weighted by Gasteiger charge is 2.38. The van der Waals surface area contributed by atoms with Gasteiger partial charge in [0.05, 0.1) is 5.56 Å². The molecule has 4 aromatic carbocycles. The molecule has 0 fully saturated rings. The van der Waals surface area contributed by atoms with Crippen molar-refractivity contribution in [3.63, 3.8) is 0 Å². The summed E-state index contributed by atoms with van der Waals surface area (Å²) in [5.74, 6) is 2.87. The number of benzene rings is 4. The van der Waals surface area contributed by atoms with E-state index in [2.05, 4.69) is 54.6 Å². The van der Waals surface area contributed by atoms with Gasteiger partial charge in [-0.25, -0.2) is 15.0 Å². The SMILES string of the molecule is C1=CC2c3cccc(-c4nc(-c5ccccc5)nc(-c5ccccc5)n4)c3OC2C(c2ccccc2)=C1. The van der Waals surface area contributed by atoms with Crippen molar-refractivity contribution < 1.29 is 4.74 Å². The van der Waals surface area contributed by atoms with Gasteiger partial charge < -0.3 is 4.74 Å². The molecule has 0 N–H and O–H groups in total. The minimum atomic E-state index is -0.0902. The van der Waals surface area contributed by atoms with Crippen molar-refractivity contribution in [2.24, 2.45) is 0 Å². The molecule has 0 amide bonds. The summed E-state index contributed by atoms with van der Waals surface area (Å²) in [6.45, 7) is 0. The average molecular weight is 478 g/mol. The maximum atomic E-state index is 6.73. The topological polar surface area (TPSA) is 47.9 Å². The van der Waals surface area contributed by atoms with Crippen molar-refractivity contribution in [2.45, 2.75) is 12.0 Å². The quantitative estimate of drug-likeness (QED) is 0.271. The van der Waals surface area contributed by atoms with Crippen LogP contribution >= 0.6 is 0 Å². The molecule has 2 unspecified atom stereocenters. The normalized spacial score (nSPS) is 17.5. The first-order chi connectivity index (χ1) is 18.3. The third-order valence-electron chi connectivity index (χ3n) is 6.92.